The van der Waals surface area contributed by atoms with Crippen molar-refractivity contribution in [2.45, 2.75) is 12.2 Å². The molecule has 0 aliphatic carbocycles. The Hall–Kier alpha value is -1.11. The summed E-state index contributed by atoms with van der Waals surface area (Å²) in [4.78, 5) is 0. The van der Waals surface area contributed by atoms with Crippen molar-refractivity contribution in [3.8, 4) is 0 Å². The van der Waals surface area contributed by atoms with Crippen LogP contribution in [0, 0.1) is 5.82 Å². The van der Waals surface area contributed by atoms with Crippen molar-refractivity contribution in [3.05, 3.63) is 64.4 Å². The molecular formula is C17H18BrFN2S2. The normalized spacial score (nSPS) is 10.3. The Labute approximate surface area is 154 Å². The Bertz CT molecular complexity index is 638. The molecule has 0 aromatic heterocycles. The van der Waals surface area contributed by atoms with E-state index in [-0.39, 0.29) is 5.82 Å². The highest BCUT2D eigenvalue weighted by atomic mass is 79.9. The van der Waals surface area contributed by atoms with Crippen LogP contribution in [0.25, 0.3) is 0 Å². The maximum absolute atomic E-state index is 13.7. The van der Waals surface area contributed by atoms with E-state index in [0.29, 0.717) is 15.3 Å². The van der Waals surface area contributed by atoms with Gasteiger partial charge >= 0.3 is 0 Å². The zero-order valence-electron chi connectivity index (χ0n) is 12.5. The van der Waals surface area contributed by atoms with E-state index in [1.54, 1.807) is 12.1 Å². The minimum atomic E-state index is -0.332. The second-order valence-electron chi connectivity index (χ2n) is 4.90. The van der Waals surface area contributed by atoms with Crippen molar-refractivity contribution >= 4 is 50.7 Å². The molecule has 122 valence electrons. The monoisotopic (exact) mass is 412 g/mol. The molecule has 2 rings (SSSR count). The fourth-order valence-corrected chi connectivity index (χ4v) is 3.36. The molecule has 23 heavy (non-hydrogen) atoms. The van der Waals surface area contributed by atoms with Crippen molar-refractivity contribution in [2.75, 3.05) is 17.6 Å². The standard InChI is InChI=1S/C17H18BrFN2S2/c18-14-7-8-16(15(19)11-14)21-17(22)20-9-4-10-23-12-13-5-2-1-3-6-13/h1-3,5-8,11H,4,9-10,12H2,(H2,20,21,22). The van der Waals surface area contributed by atoms with Gasteiger partial charge in [0.25, 0.3) is 0 Å². The quantitative estimate of drug-likeness (QED) is 0.482. The van der Waals surface area contributed by atoms with Gasteiger partial charge in [-0.05, 0) is 48.2 Å². The Morgan fingerprint density at radius 1 is 1.17 bits per heavy atom. The second kappa shape index (κ2) is 9.90. The maximum Gasteiger partial charge on any atom is 0.170 e. The van der Waals surface area contributed by atoms with Crippen LogP contribution >= 0.6 is 39.9 Å². The third-order valence-corrected chi connectivity index (χ3v) is 4.90. The van der Waals surface area contributed by atoms with Gasteiger partial charge in [-0.25, -0.2) is 4.39 Å². The smallest absolute Gasteiger partial charge is 0.170 e. The number of thioether (sulfide) groups is 1. The summed E-state index contributed by atoms with van der Waals surface area (Å²) >= 11 is 10.3. The molecule has 0 fully saturated rings. The summed E-state index contributed by atoms with van der Waals surface area (Å²) < 4.78 is 14.4. The highest BCUT2D eigenvalue weighted by molar-refractivity contribution is 9.10. The summed E-state index contributed by atoms with van der Waals surface area (Å²) in [6, 6.07) is 15.3. The zero-order chi connectivity index (χ0) is 16.5. The van der Waals surface area contributed by atoms with Gasteiger partial charge in [0.15, 0.2) is 5.11 Å². The molecule has 0 atom stereocenters. The number of anilines is 1. The molecule has 2 aromatic carbocycles. The molecule has 0 aliphatic heterocycles. The van der Waals surface area contributed by atoms with Crippen LogP contribution in [0.3, 0.4) is 0 Å². The molecular weight excluding hydrogens is 395 g/mol. The molecule has 2 N–H and O–H groups in total. The van der Waals surface area contributed by atoms with Gasteiger partial charge in [0, 0.05) is 16.8 Å². The molecule has 0 unspecified atom stereocenters. The van der Waals surface area contributed by atoms with Crippen molar-refractivity contribution in [1.82, 2.24) is 5.32 Å². The van der Waals surface area contributed by atoms with Crippen LogP contribution in [0.4, 0.5) is 10.1 Å². The van der Waals surface area contributed by atoms with Gasteiger partial charge in [0.2, 0.25) is 0 Å². The fourth-order valence-electron chi connectivity index (χ4n) is 1.90. The first-order valence-corrected chi connectivity index (χ1v) is 9.62. The van der Waals surface area contributed by atoms with E-state index in [0.717, 1.165) is 24.5 Å². The fraction of sp³-hybridized carbons (Fsp3) is 0.235. The number of benzene rings is 2. The molecule has 6 heteroatoms. The van der Waals surface area contributed by atoms with Gasteiger partial charge in [0.1, 0.15) is 5.82 Å². The van der Waals surface area contributed by atoms with Crippen LogP contribution < -0.4 is 10.6 Å². The predicted molar refractivity (Wildman–Crippen MR) is 106 cm³/mol. The number of thiocarbonyl (C=S) groups is 1. The lowest BCUT2D eigenvalue weighted by Crippen LogP contribution is -2.29. The Morgan fingerprint density at radius 3 is 2.70 bits per heavy atom. The number of rotatable bonds is 7. The average Bonchev–Trinajstić information content (AvgIpc) is 2.54. The first-order valence-electron chi connectivity index (χ1n) is 7.27. The van der Waals surface area contributed by atoms with Gasteiger partial charge < -0.3 is 10.6 Å². The van der Waals surface area contributed by atoms with E-state index in [4.69, 9.17) is 12.2 Å². The van der Waals surface area contributed by atoms with Crippen molar-refractivity contribution in [3.63, 3.8) is 0 Å². The van der Waals surface area contributed by atoms with Gasteiger partial charge in [-0.3, -0.25) is 0 Å². The van der Waals surface area contributed by atoms with E-state index >= 15 is 0 Å². The molecule has 0 saturated heterocycles. The molecule has 0 amide bonds. The van der Waals surface area contributed by atoms with Crippen LogP contribution in [-0.4, -0.2) is 17.4 Å². The summed E-state index contributed by atoms with van der Waals surface area (Å²) in [5.74, 6) is 1.74. The molecule has 0 saturated carbocycles. The van der Waals surface area contributed by atoms with Crippen LogP contribution in [0.2, 0.25) is 0 Å². The summed E-state index contributed by atoms with van der Waals surface area (Å²) in [5, 5.41) is 6.42. The summed E-state index contributed by atoms with van der Waals surface area (Å²) in [5.41, 5.74) is 1.72. The number of halogens is 2. The summed E-state index contributed by atoms with van der Waals surface area (Å²) in [6.07, 6.45) is 1.00. The topological polar surface area (TPSA) is 24.1 Å². The Balaban J connectivity index is 1.59. The first-order chi connectivity index (χ1) is 11.1. The molecule has 0 radical (unpaired) electrons. The van der Waals surface area contributed by atoms with Crippen LogP contribution in [0.1, 0.15) is 12.0 Å². The lowest BCUT2D eigenvalue weighted by atomic mass is 10.2. The minimum Gasteiger partial charge on any atom is -0.362 e. The third-order valence-electron chi connectivity index (χ3n) is 3.04. The van der Waals surface area contributed by atoms with Gasteiger partial charge in [-0.15, -0.1) is 0 Å². The van der Waals surface area contributed by atoms with E-state index in [2.05, 4.69) is 50.8 Å². The van der Waals surface area contributed by atoms with Crippen molar-refractivity contribution in [1.29, 1.82) is 0 Å². The van der Waals surface area contributed by atoms with Crippen LogP contribution in [0.5, 0.6) is 0 Å². The van der Waals surface area contributed by atoms with E-state index in [9.17, 15) is 4.39 Å². The largest absolute Gasteiger partial charge is 0.362 e. The van der Waals surface area contributed by atoms with E-state index in [1.807, 2.05) is 17.8 Å². The minimum absolute atomic E-state index is 0.332. The molecule has 0 heterocycles. The summed E-state index contributed by atoms with van der Waals surface area (Å²) in [7, 11) is 0. The molecule has 2 aromatic rings. The van der Waals surface area contributed by atoms with Gasteiger partial charge in [-0.1, -0.05) is 46.3 Å². The predicted octanol–water partition coefficient (Wildman–Crippen LogP) is 5.20. The van der Waals surface area contributed by atoms with E-state index < -0.39 is 0 Å². The lowest BCUT2D eigenvalue weighted by molar-refractivity contribution is 0.631. The maximum atomic E-state index is 13.7. The van der Waals surface area contributed by atoms with Crippen molar-refractivity contribution < 1.29 is 4.39 Å². The SMILES string of the molecule is Fc1cc(Br)ccc1NC(=S)NCCCSCc1ccccc1. The average molecular weight is 413 g/mol. The first kappa shape index (κ1) is 18.2. The summed E-state index contributed by atoms with van der Waals surface area (Å²) in [6.45, 7) is 0.770. The van der Waals surface area contributed by atoms with Crippen LogP contribution in [-0.2, 0) is 5.75 Å². The second-order valence-corrected chi connectivity index (χ2v) is 7.33. The Kier molecular flexibility index (Phi) is 7.85. The Morgan fingerprint density at radius 2 is 1.96 bits per heavy atom. The van der Waals surface area contributed by atoms with E-state index in [1.165, 1.54) is 11.6 Å². The highest BCUT2D eigenvalue weighted by Crippen LogP contribution is 2.19. The lowest BCUT2D eigenvalue weighted by Gasteiger charge is -2.11. The highest BCUT2D eigenvalue weighted by Gasteiger charge is 2.04. The molecule has 0 bridgehead atoms. The van der Waals surface area contributed by atoms with Crippen molar-refractivity contribution in [2.24, 2.45) is 0 Å². The molecule has 2 nitrogen and oxygen atoms in total. The molecule has 0 aliphatic rings. The van der Waals surface area contributed by atoms with Gasteiger partial charge in [0.05, 0.1) is 5.69 Å². The van der Waals surface area contributed by atoms with Crippen LogP contribution in [0.15, 0.2) is 53.0 Å². The third kappa shape index (κ3) is 6.89. The number of hydrogen-bond acceptors (Lipinski definition) is 2. The van der Waals surface area contributed by atoms with Gasteiger partial charge in [-0.2, -0.15) is 11.8 Å². The number of hydrogen-bond donors (Lipinski definition) is 2. The zero-order valence-corrected chi connectivity index (χ0v) is 15.7. The number of nitrogens with one attached hydrogen (secondary N) is 2. The molecule has 0 spiro atoms.